The van der Waals surface area contributed by atoms with Crippen molar-refractivity contribution in [2.75, 3.05) is 72.0 Å². The van der Waals surface area contributed by atoms with Gasteiger partial charge in [0.25, 0.3) is 0 Å². The molecule has 6 radical (unpaired) electrons. The third-order valence-corrected chi connectivity index (χ3v) is 13.5. The largest absolute Gasteiger partial charge is 1.00 e. The van der Waals surface area contributed by atoms with Gasteiger partial charge in [0.05, 0.1) is 0 Å². The quantitative estimate of drug-likeness (QED) is 0.0210. The Bertz CT molecular complexity index is 2070. The first-order chi connectivity index (χ1) is 33.4. The molecule has 0 atom stereocenters. The minimum absolute atomic E-state index is 0. The van der Waals surface area contributed by atoms with Crippen LogP contribution in [-0.2, 0) is 0 Å². The average molecular weight is 1390 g/mol. The molecule has 82 heavy (non-hydrogen) atoms. The van der Waals surface area contributed by atoms with Crippen LogP contribution in [0.3, 0.4) is 0 Å². The van der Waals surface area contributed by atoms with Crippen molar-refractivity contribution in [1.29, 1.82) is 0 Å². The van der Waals surface area contributed by atoms with Gasteiger partial charge in [-0.05, 0) is 111 Å². The molecule has 0 fully saturated rings. The van der Waals surface area contributed by atoms with Crippen molar-refractivity contribution >= 4 is 106 Å². The summed E-state index contributed by atoms with van der Waals surface area (Å²) in [4.78, 5) is 10.2. The van der Waals surface area contributed by atoms with Gasteiger partial charge in [0.1, 0.15) is 13.1 Å². The van der Waals surface area contributed by atoms with E-state index in [4.69, 9.17) is 0 Å². The Labute approximate surface area is 519 Å². The first-order valence-corrected chi connectivity index (χ1v) is 27.5. The van der Waals surface area contributed by atoms with Crippen LogP contribution in [0.2, 0.25) is 0 Å². The smallest absolute Gasteiger partial charge is 0.212 e. The van der Waals surface area contributed by atoms with E-state index in [-0.39, 0.29) is 105 Å². The third kappa shape index (κ3) is 30.5. The van der Waals surface area contributed by atoms with Crippen LogP contribution in [0.5, 0.6) is 0 Å². The van der Waals surface area contributed by atoms with Crippen molar-refractivity contribution in [2.45, 2.75) is 158 Å². The Morgan fingerprint density at radius 2 is 0.476 bits per heavy atom. The first kappa shape index (κ1) is 99.7. The van der Waals surface area contributed by atoms with Crippen molar-refractivity contribution in [2.24, 2.45) is 0 Å². The van der Waals surface area contributed by atoms with Gasteiger partial charge in [-0.15, -0.1) is 0 Å². The van der Waals surface area contributed by atoms with Gasteiger partial charge in [-0.2, -0.15) is 4.58 Å². The maximum Gasteiger partial charge on any atom is 0.212 e. The van der Waals surface area contributed by atoms with E-state index in [0.717, 1.165) is 63.7 Å². The summed E-state index contributed by atoms with van der Waals surface area (Å²) in [6.45, 7) is 27.1. The molecule has 0 spiro atoms. The molecule has 0 aromatic heterocycles. The number of allylic oxidation sites excluding steroid dienone is 4. The fraction of sp³-hybridized carbons (Fsp3) is 0.516. The molecule has 1 aliphatic carbocycles. The monoisotopic (exact) mass is 1390 g/mol. The van der Waals surface area contributed by atoms with E-state index >= 15 is 0 Å². The zero-order valence-corrected chi connectivity index (χ0v) is 54.7. The van der Waals surface area contributed by atoms with E-state index in [1.807, 2.05) is 0 Å². The van der Waals surface area contributed by atoms with Crippen molar-refractivity contribution < 1.29 is 61.0 Å². The predicted molar refractivity (Wildman–Crippen MR) is 315 cm³/mol. The minimum atomic E-state index is 0. The van der Waals surface area contributed by atoms with Gasteiger partial charge in [0, 0.05) is 184 Å². The van der Waals surface area contributed by atoms with Gasteiger partial charge in [-0.3, -0.25) is 0 Å². The Morgan fingerprint density at radius 1 is 0.268 bits per heavy atom. The summed E-state index contributed by atoms with van der Waals surface area (Å²) in [6, 6.07) is 37.4. The van der Waals surface area contributed by atoms with Crippen LogP contribution in [0.4, 0.5) is 45.5 Å². The topological polar surface area (TPSA) is 19.0 Å². The average Bonchev–Trinajstić information content (AvgIpc) is 3.38. The second-order valence-electron chi connectivity index (χ2n) is 19.0. The second kappa shape index (κ2) is 57.1. The van der Waals surface area contributed by atoms with Crippen LogP contribution in [0, 0.1) is 0 Å². The third-order valence-electron chi connectivity index (χ3n) is 13.5. The maximum atomic E-state index is 2.58. The van der Waals surface area contributed by atoms with E-state index in [9.17, 15) is 0 Å². The molecule has 0 saturated heterocycles. The molecule has 0 heterocycles. The van der Waals surface area contributed by atoms with E-state index in [2.05, 4.69) is 206 Å². The maximum absolute atomic E-state index is 2.58. The second-order valence-corrected chi connectivity index (χ2v) is 19.0. The Morgan fingerprint density at radius 3 is 0.720 bits per heavy atom. The number of unbranched alkanes of at least 4 members (excludes halogenated alkanes) is 8. The number of anilines is 6. The molecule has 1 aliphatic rings. The minimum Gasteiger partial charge on any atom is -1.00 e. The van der Waals surface area contributed by atoms with Crippen LogP contribution in [0.1, 0.15) is 158 Å². The fourth-order valence-corrected chi connectivity index (χ4v) is 9.17. The van der Waals surface area contributed by atoms with Gasteiger partial charge in [0.2, 0.25) is 17.1 Å². The van der Waals surface area contributed by atoms with E-state index in [1.54, 1.807) is 0 Å². The molecule has 20 heteroatoms. The molecule has 5 rings (SSSR count). The summed E-state index contributed by atoms with van der Waals surface area (Å²) in [6.07, 6.45) is 28.7. The van der Waals surface area contributed by atoms with Crippen molar-refractivity contribution in [1.82, 2.24) is 4.58 Å². The first-order valence-electron chi connectivity index (χ1n) is 27.5. The van der Waals surface area contributed by atoms with E-state index < -0.39 is 0 Å². The van der Waals surface area contributed by atoms with E-state index in [0.29, 0.717) is 0 Å². The molecule has 0 aliphatic heterocycles. The molecule has 0 bridgehead atoms. The fourth-order valence-electron chi connectivity index (χ4n) is 9.17. The summed E-state index contributed by atoms with van der Waals surface area (Å²) < 4.78 is 5.03. The number of hydrogen-bond acceptors (Lipinski definition) is 4. The zero-order valence-electron chi connectivity index (χ0n) is 49.6. The molecule has 474 valence electrons. The molecule has 0 amide bonds. The molecule has 0 saturated carbocycles. The number of hydrogen-bond donors (Lipinski definition) is 0. The van der Waals surface area contributed by atoms with Gasteiger partial charge < -0.3 is 76.1 Å². The number of rotatable bonds is 32. The summed E-state index contributed by atoms with van der Waals surface area (Å²) in [7, 11) is 0. The van der Waals surface area contributed by atoms with Crippen molar-refractivity contribution in [3.8, 4) is 0 Å². The number of halogens is 12. The van der Waals surface area contributed by atoms with Crippen molar-refractivity contribution in [3.05, 3.63) is 121 Å². The van der Waals surface area contributed by atoms with Crippen LogP contribution < -0.4 is 80.6 Å². The van der Waals surface area contributed by atoms with Crippen LogP contribution >= 0.6 is 0 Å². The number of nitrogens with zero attached hydrogens (tertiary/aromatic N) is 6. The predicted octanol–water partition coefficient (Wildman–Crippen LogP) is -19.9. The molecule has 0 unspecified atom stereocenters. The molecule has 4 aromatic carbocycles. The summed E-state index contributed by atoms with van der Waals surface area (Å²) in [5.41, 5.74) is 12.2. The van der Waals surface area contributed by atoms with Crippen molar-refractivity contribution in [3.63, 3.8) is 0 Å². The van der Waals surface area contributed by atoms with Gasteiger partial charge in [-0.1, -0.05) is 107 Å². The summed E-state index contributed by atoms with van der Waals surface area (Å²) >= 11 is 0. The van der Waals surface area contributed by atoms with Crippen LogP contribution in [0.15, 0.2) is 121 Å². The van der Waals surface area contributed by atoms with Crippen LogP contribution in [-0.4, -0.2) is 117 Å². The zero-order chi connectivity index (χ0) is 48.4. The van der Waals surface area contributed by atoms with Gasteiger partial charge in [0.15, 0.2) is 5.71 Å². The molecular weight excluding hydrogens is 1300 g/mol. The molecular formula is C62H92F12N6Sb2-10. The van der Waals surface area contributed by atoms with E-state index in [1.165, 1.54) is 148 Å². The summed E-state index contributed by atoms with van der Waals surface area (Å²) in [5, 5.41) is 0. The Kier molecular flexibility index (Phi) is 69.5. The standard InChI is InChI=1S/C62H92N6.12FH.2Sb/c1-9-17-45-63(46-18-10-2)53-25-33-57(34-26-53)67(58-35-27-54(28-36-58)64(47-19-11-3)48-20-12-4)61-41-43-62(44-42-61)68(59-37-29-55(30-38-59)65(49-21-13-5)50-22-14-6)60-39-31-56(32-40-60)66(51-23-15-7)52-24-16-8;;;;;;;;;;;;;;/h25-44H,9-24,45-52H2,1-8H3;12*1H;;/q+2;;;;;;;;;;;;;;/p-12. The molecule has 0 N–H and O–H groups in total. The van der Waals surface area contributed by atoms with Gasteiger partial charge in [-0.25, -0.2) is 4.58 Å². The SMILES string of the molecule is CCCCN(CCCC)c1ccc(N(c2ccc(N(CCCC)CCCC)cc2)c2ccc([N+](=C3C=CC(=[N+](CCCC)CCCC)C=C3)c3ccc(N(CCCC)CCCC)cc3)cc2)cc1.[F-].[F-].[F-].[F-].[F-].[F-].[F-].[F-].[F-].[F-].[F-].[F-].[Sb].[Sb]. The van der Waals surface area contributed by atoms with Gasteiger partial charge >= 0.3 is 0 Å². The Balaban J connectivity index is -0.000000463. The summed E-state index contributed by atoms with van der Waals surface area (Å²) in [5.74, 6) is 0. The Hall–Kier alpha value is -4.30. The molecule has 6 nitrogen and oxygen atoms in total. The van der Waals surface area contributed by atoms with Crippen LogP contribution in [0.25, 0.3) is 0 Å². The normalized spacial score (nSPS) is 10.1. The molecule has 4 aromatic rings. The number of benzene rings is 4.